The molecule has 2 rings (SSSR count). The molecule has 1 heterocycles. The molecule has 0 aliphatic heterocycles. The van der Waals surface area contributed by atoms with E-state index in [-0.39, 0.29) is 0 Å². The summed E-state index contributed by atoms with van der Waals surface area (Å²) in [6, 6.07) is 11.9. The minimum Gasteiger partial charge on any atom is -0.494 e. The van der Waals surface area contributed by atoms with Crippen molar-refractivity contribution >= 4 is 28.6 Å². The lowest BCUT2D eigenvalue weighted by molar-refractivity contribution is 0.340. The van der Waals surface area contributed by atoms with Crippen molar-refractivity contribution in [3.8, 4) is 5.75 Å². The molecule has 0 aliphatic rings. The van der Waals surface area contributed by atoms with Crippen molar-refractivity contribution in [1.29, 1.82) is 0 Å². The summed E-state index contributed by atoms with van der Waals surface area (Å²) in [5.41, 5.74) is 1.08. The number of hydrogen-bond donors (Lipinski definition) is 1. The molecule has 0 spiro atoms. The van der Waals surface area contributed by atoms with Gasteiger partial charge in [-0.3, -0.25) is 0 Å². The van der Waals surface area contributed by atoms with E-state index in [1.807, 2.05) is 43.3 Å². The van der Waals surface area contributed by atoms with Gasteiger partial charge in [0, 0.05) is 17.1 Å². The van der Waals surface area contributed by atoms with Crippen LogP contribution >= 0.6 is 22.9 Å². The van der Waals surface area contributed by atoms with E-state index in [1.165, 1.54) is 4.88 Å². The van der Waals surface area contributed by atoms with Crippen molar-refractivity contribution in [2.24, 2.45) is 0 Å². The summed E-state index contributed by atoms with van der Waals surface area (Å²) in [7, 11) is 0. The molecule has 1 aromatic carbocycles. The first-order valence-corrected chi connectivity index (χ1v) is 6.68. The molecule has 1 aromatic heterocycles. The lowest BCUT2D eigenvalue weighted by Gasteiger charge is -2.06. The molecule has 0 saturated heterocycles. The fourth-order valence-electron chi connectivity index (χ4n) is 1.47. The Morgan fingerprint density at radius 1 is 1.18 bits per heavy atom. The topological polar surface area (TPSA) is 21.3 Å². The minimum atomic E-state index is 0.695. The number of ether oxygens (including phenoxy) is 1. The number of thiophene rings is 1. The maximum absolute atomic E-state index is 5.87. The van der Waals surface area contributed by atoms with E-state index in [0.717, 1.165) is 22.3 Å². The molecule has 17 heavy (non-hydrogen) atoms. The van der Waals surface area contributed by atoms with Crippen molar-refractivity contribution in [2.45, 2.75) is 13.5 Å². The number of rotatable bonds is 5. The molecule has 0 atom stereocenters. The molecule has 0 aliphatic carbocycles. The highest BCUT2D eigenvalue weighted by Gasteiger charge is 1.98. The van der Waals surface area contributed by atoms with Crippen LogP contribution in [0.5, 0.6) is 5.75 Å². The second-order valence-corrected chi connectivity index (χ2v) is 5.32. The van der Waals surface area contributed by atoms with Gasteiger partial charge in [-0.2, -0.15) is 0 Å². The molecule has 0 bridgehead atoms. The number of halogens is 1. The van der Waals surface area contributed by atoms with Crippen LogP contribution in [0.4, 0.5) is 5.69 Å². The lowest BCUT2D eigenvalue weighted by atomic mass is 10.3. The third kappa shape index (κ3) is 3.65. The highest BCUT2D eigenvalue weighted by Crippen LogP contribution is 2.23. The first kappa shape index (κ1) is 12.3. The number of nitrogens with one attached hydrogen (secondary N) is 1. The molecule has 0 amide bonds. The van der Waals surface area contributed by atoms with Gasteiger partial charge in [-0.25, -0.2) is 0 Å². The Morgan fingerprint density at radius 3 is 2.53 bits per heavy atom. The predicted molar refractivity (Wildman–Crippen MR) is 74.3 cm³/mol. The van der Waals surface area contributed by atoms with Crippen molar-refractivity contribution < 1.29 is 4.74 Å². The second kappa shape index (κ2) is 5.94. The highest BCUT2D eigenvalue weighted by atomic mass is 35.5. The van der Waals surface area contributed by atoms with E-state index in [4.69, 9.17) is 16.3 Å². The molecule has 0 fully saturated rings. The molecule has 0 saturated carbocycles. The van der Waals surface area contributed by atoms with Gasteiger partial charge in [0.15, 0.2) is 0 Å². The van der Waals surface area contributed by atoms with E-state index in [9.17, 15) is 0 Å². The van der Waals surface area contributed by atoms with Crippen LogP contribution in [0.2, 0.25) is 4.34 Å². The SMILES string of the molecule is CCOc1ccc(NCc2ccc(Cl)s2)cc1. The minimum absolute atomic E-state index is 0.695. The van der Waals surface area contributed by atoms with Gasteiger partial charge in [0.25, 0.3) is 0 Å². The highest BCUT2D eigenvalue weighted by molar-refractivity contribution is 7.16. The zero-order chi connectivity index (χ0) is 12.1. The Labute approximate surface area is 110 Å². The third-order valence-electron chi connectivity index (χ3n) is 2.26. The zero-order valence-corrected chi connectivity index (χ0v) is 11.1. The van der Waals surface area contributed by atoms with Gasteiger partial charge in [0.05, 0.1) is 10.9 Å². The number of hydrogen-bond acceptors (Lipinski definition) is 3. The smallest absolute Gasteiger partial charge is 0.119 e. The number of anilines is 1. The third-order valence-corrected chi connectivity index (χ3v) is 3.49. The summed E-state index contributed by atoms with van der Waals surface area (Å²) in [5.74, 6) is 0.900. The Balaban J connectivity index is 1.90. The quantitative estimate of drug-likeness (QED) is 0.866. The molecule has 1 N–H and O–H groups in total. The summed E-state index contributed by atoms with van der Waals surface area (Å²) >= 11 is 7.47. The van der Waals surface area contributed by atoms with E-state index in [0.29, 0.717) is 6.61 Å². The van der Waals surface area contributed by atoms with Crippen LogP contribution in [-0.4, -0.2) is 6.61 Å². The summed E-state index contributed by atoms with van der Waals surface area (Å²) in [5, 5.41) is 3.34. The van der Waals surface area contributed by atoms with E-state index >= 15 is 0 Å². The van der Waals surface area contributed by atoms with Crippen LogP contribution < -0.4 is 10.1 Å². The van der Waals surface area contributed by atoms with Gasteiger partial charge < -0.3 is 10.1 Å². The maximum atomic E-state index is 5.87. The van der Waals surface area contributed by atoms with E-state index in [1.54, 1.807) is 11.3 Å². The first-order valence-electron chi connectivity index (χ1n) is 5.49. The summed E-state index contributed by atoms with van der Waals surface area (Å²) in [6.07, 6.45) is 0. The summed E-state index contributed by atoms with van der Waals surface area (Å²) < 4.78 is 6.21. The zero-order valence-electron chi connectivity index (χ0n) is 9.57. The summed E-state index contributed by atoms with van der Waals surface area (Å²) in [6.45, 7) is 3.47. The Morgan fingerprint density at radius 2 is 1.94 bits per heavy atom. The molecule has 90 valence electrons. The molecule has 2 aromatic rings. The van der Waals surface area contributed by atoms with Gasteiger partial charge in [0.2, 0.25) is 0 Å². The Hall–Kier alpha value is -1.19. The molecule has 2 nitrogen and oxygen atoms in total. The monoisotopic (exact) mass is 267 g/mol. The summed E-state index contributed by atoms with van der Waals surface area (Å²) in [4.78, 5) is 1.23. The largest absolute Gasteiger partial charge is 0.494 e. The lowest BCUT2D eigenvalue weighted by Crippen LogP contribution is -1.97. The first-order chi connectivity index (χ1) is 8.28. The second-order valence-electron chi connectivity index (χ2n) is 3.52. The average Bonchev–Trinajstić information content (AvgIpc) is 2.75. The van der Waals surface area contributed by atoms with Crippen molar-refractivity contribution in [3.05, 3.63) is 45.6 Å². The molecule has 4 heteroatoms. The van der Waals surface area contributed by atoms with Crippen LogP contribution in [0.3, 0.4) is 0 Å². The van der Waals surface area contributed by atoms with Gasteiger partial charge in [-0.1, -0.05) is 11.6 Å². The molecule has 0 unspecified atom stereocenters. The van der Waals surface area contributed by atoms with Gasteiger partial charge in [-0.05, 0) is 43.3 Å². The standard InChI is InChI=1S/C13H14ClNOS/c1-2-16-11-5-3-10(4-6-11)15-9-12-7-8-13(14)17-12/h3-8,15H,2,9H2,1H3. The van der Waals surface area contributed by atoms with Gasteiger partial charge in [-0.15, -0.1) is 11.3 Å². The maximum Gasteiger partial charge on any atom is 0.119 e. The van der Waals surface area contributed by atoms with Crippen molar-refractivity contribution in [1.82, 2.24) is 0 Å². The normalized spacial score (nSPS) is 10.2. The van der Waals surface area contributed by atoms with Crippen LogP contribution in [0, 0.1) is 0 Å². The molecular formula is C13H14ClNOS. The van der Waals surface area contributed by atoms with Crippen molar-refractivity contribution in [3.63, 3.8) is 0 Å². The predicted octanol–water partition coefficient (Wildman–Crippen LogP) is 4.41. The van der Waals surface area contributed by atoms with E-state index in [2.05, 4.69) is 5.32 Å². The molecular weight excluding hydrogens is 254 g/mol. The van der Waals surface area contributed by atoms with E-state index < -0.39 is 0 Å². The Kier molecular flexibility index (Phi) is 4.29. The average molecular weight is 268 g/mol. The van der Waals surface area contributed by atoms with Crippen molar-refractivity contribution in [2.75, 3.05) is 11.9 Å². The Bertz CT molecular complexity index is 467. The van der Waals surface area contributed by atoms with Gasteiger partial charge >= 0.3 is 0 Å². The van der Waals surface area contributed by atoms with Crippen LogP contribution in [0.1, 0.15) is 11.8 Å². The van der Waals surface area contributed by atoms with Crippen LogP contribution in [-0.2, 0) is 6.54 Å². The van der Waals surface area contributed by atoms with Gasteiger partial charge in [0.1, 0.15) is 5.75 Å². The fourth-order valence-corrected chi connectivity index (χ4v) is 2.50. The fraction of sp³-hybridized carbons (Fsp3) is 0.231. The van der Waals surface area contributed by atoms with Crippen LogP contribution in [0.15, 0.2) is 36.4 Å². The van der Waals surface area contributed by atoms with Crippen LogP contribution in [0.25, 0.3) is 0 Å². The number of benzene rings is 1. The molecule has 0 radical (unpaired) electrons.